The number of nitrogen functional groups attached to an aromatic ring is 2. The van der Waals surface area contributed by atoms with Crippen LogP contribution in [0.5, 0.6) is 0 Å². The Hall–Kier alpha value is -1.49. The average molecular weight is 208 g/mol. The lowest BCUT2D eigenvalue weighted by atomic mass is 9.80. The first-order valence-electron chi connectivity index (χ1n) is 5.07. The molecule has 1 fully saturated rings. The second-order valence-electron chi connectivity index (χ2n) is 4.10. The van der Waals surface area contributed by atoms with E-state index in [9.17, 15) is 5.11 Å². The van der Waals surface area contributed by atoms with Crippen LogP contribution in [0.3, 0.4) is 0 Å². The Morgan fingerprint density at radius 2 is 2.13 bits per heavy atom. The standard InChI is InChI=1S/C10H16N4O/c11-7-2-3-8(14-9(7)12)13-6-10(15)4-1-5-10/h2-3,15H,1,4-6,11H2,(H3,12,13,14). The minimum absolute atomic E-state index is 0.320. The van der Waals surface area contributed by atoms with Crippen molar-refractivity contribution in [2.45, 2.75) is 24.9 Å². The Morgan fingerprint density at radius 3 is 2.67 bits per heavy atom. The zero-order valence-electron chi connectivity index (χ0n) is 8.53. The minimum Gasteiger partial charge on any atom is -0.396 e. The van der Waals surface area contributed by atoms with Crippen LogP contribution in [0.1, 0.15) is 19.3 Å². The molecule has 0 bridgehead atoms. The fourth-order valence-corrected chi connectivity index (χ4v) is 1.60. The maximum atomic E-state index is 9.85. The van der Waals surface area contributed by atoms with Gasteiger partial charge in [0.1, 0.15) is 11.6 Å². The van der Waals surface area contributed by atoms with Gasteiger partial charge in [0, 0.05) is 6.54 Å². The molecule has 2 rings (SSSR count). The van der Waals surface area contributed by atoms with E-state index >= 15 is 0 Å². The summed E-state index contributed by atoms with van der Waals surface area (Å²) in [4.78, 5) is 4.06. The number of aliphatic hydroxyl groups is 1. The van der Waals surface area contributed by atoms with Gasteiger partial charge in [-0.1, -0.05) is 0 Å². The third-order valence-electron chi connectivity index (χ3n) is 2.84. The molecule has 0 unspecified atom stereocenters. The lowest BCUT2D eigenvalue weighted by Crippen LogP contribution is -2.43. The van der Waals surface area contributed by atoms with Gasteiger partial charge in [0.2, 0.25) is 0 Å². The molecule has 0 amide bonds. The molecule has 1 aromatic rings. The molecule has 1 aliphatic carbocycles. The highest BCUT2D eigenvalue weighted by atomic mass is 16.3. The third-order valence-corrected chi connectivity index (χ3v) is 2.84. The summed E-state index contributed by atoms with van der Waals surface area (Å²) in [7, 11) is 0. The van der Waals surface area contributed by atoms with Gasteiger partial charge in [-0.3, -0.25) is 0 Å². The van der Waals surface area contributed by atoms with Gasteiger partial charge in [-0.25, -0.2) is 4.98 Å². The van der Waals surface area contributed by atoms with Crippen LogP contribution in [-0.2, 0) is 0 Å². The third kappa shape index (κ3) is 2.12. The van der Waals surface area contributed by atoms with Gasteiger partial charge in [-0.15, -0.1) is 0 Å². The highest BCUT2D eigenvalue weighted by molar-refractivity contribution is 5.61. The lowest BCUT2D eigenvalue weighted by Gasteiger charge is -2.36. The Morgan fingerprint density at radius 1 is 1.40 bits per heavy atom. The van der Waals surface area contributed by atoms with Crippen LogP contribution in [0.15, 0.2) is 12.1 Å². The monoisotopic (exact) mass is 208 g/mol. The molecular formula is C10H16N4O. The second-order valence-corrected chi connectivity index (χ2v) is 4.10. The molecule has 1 aliphatic rings. The lowest BCUT2D eigenvalue weighted by molar-refractivity contribution is -0.0202. The molecule has 5 heteroatoms. The summed E-state index contributed by atoms with van der Waals surface area (Å²) in [6.45, 7) is 0.517. The van der Waals surface area contributed by atoms with Gasteiger partial charge in [0.25, 0.3) is 0 Å². The number of nitrogens with two attached hydrogens (primary N) is 2. The SMILES string of the molecule is Nc1ccc(NCC2(O)CCC2)nc1N. The molecule has 0 radical (unpaired) electrons. The topological polar surface area (TPSA) is 97.2 Å². The van der Waals surface area contributed by atoms with E-state index in [-0.39, 0.29) is 0 Å². The van der Waals surface area contributed by atoms with E-state index in [1.807, 2.05) is 0 Å². The molecule has 15 heavy (non-hydrogen) atoms. The Bertz CT molecular complexity index is 362. The quantitative estimate of drug-likeness (QED) is 0.582. The normalized spacial score (nSPS) is 18.2. The summed E-state index contributed by atoms with van der Waals surface area (Å²) in [6.07, 6.45) is 2.80. The van der Waals surface area contributed by atoms with Crippen molar-refractivity contribution in [3.63, 3.8) is 0 Å². The summed E-state index contributed by atoms with van der Waals surface area (Å²) < 4.78 is 0. The first kappa shape index (κ1) is 10.0. The molecule has 0 aliphatic heterocycles. The summed E-state index contributed by atoms with van der Waals surface area (Å²) in [5, 5.41) is 12.9. The fraction of sp³-hybridized carbons (Fsp3) is 0.500. The number of hydrogen-bond acceptors (Lipinski definition) is 5. The van der Waals surface area contributed by atoms with Crippen LogP contribution in [0, 0.1) is 0 Å². The number of nitrogens with zero attached hydrogens (tertiary/aromatic N) is 1. The molecule has 0 saturated heterocycles. The van der Waals surface area contributed by atoms with E-state index in [0.29, 0.717) is 23.9 Å². The molecule has 6 N–H and O–H groups in total. The van der Waals surface area contributed by atoms with Crippen LogP contribution in [0.25, 0.3) is 0 Å². The van der Waals surface area contributed by atoms with Crippen molar-refractivity contribution in [3.8, 4) is 0 Å². The number of hydrogen-bond donors (Lipinski definition) is 4. The molecular weight excluding hydrogens is 192 g/mol. The first-order valence-corrected chi connectivity index (χ1v) is 5.07. The summed E-state index contributed by atoms with van der Waals surface area (Å²) >= 11 is 0. The number of anilines is 3. The number of rotatable bonds is 3. The summed E-state index contributed by atoms with van der Waals surface area (Å²) in [5.41, 5.74) is 11.0. The van der Waals surface area contributed by atoms with E-state index in [2.05, 4.69) is 10.3 Å². The van der Waals surface area contributed by atoms with E-state index < -0.39 is 5.60 Å². The number of aromatic nitrogens is 1. The molecule has 0 aromatic carbocycles. The minimum atomic E-state index is -0.558. The Kier molecular flexibility index (Phi) is 2.40. The van der Waals surface area contributed by atoms with Crippen LogP contribution in [0.4, 0.5) is 17.3 Å². The maximum Gasteiger partial charge on any atom is 0.149 e. The first-order chi connectivity index (χ1) is 7.09. The van der Waals surface area contributed by atoms with E-state index in [1.54, 1.807) is 12.1 Å². The van der Waals surface area contributed by atoms with Crippen LogP contribution >= 0.6 is 0 Å². The van der Waals surface area contributed by atoms with E-state index in [1.165, 1.54) is 0 Å². The zero-order valence-corrected chi connectivity index (χ0v) is 8.53. The predicted octanol–water partition coefficient (Wildman–Crippen LogP) is 0.573. The number of nitrogens with one attached hydrogen (secondary N) is 1. The van der Waals surface area contributed by atoms with Gasteiger partial charge >= 0.3 is 0 Å². The summed E-state index contributed by atoms with van der Waals surface area (Å²) in [6, 6.07) is 3.46. The fourth-order valence-electron chi connectivity index (χ4n) is 1.60. The smallest absolute Gasteiger partial charge is 0.149 e. The average Bonchev–Trinajstić information content (AvgIpc) is 2.17. The predicted molar refractivity (Wildman–Crippen MR) is 60.4 cm³/mol. The van der Waals surface area contributed by atoms with Crippen molar-refractivity contribution in [2.75, 3.05) is 23.3 Å². The van der Waals surface area contributed by atoms with Crippen molar-refractivity contribution >= 4 is 17.3 Å². The maximum absolute atomic E-state index is 9.85. The van der Waals surface area contributed by atoms with Crippen LogP contribution in [-0.4, -0.2) is 22.2 Å². The number of pyridine rings is 1. The van der Waals surface area contributed by atoms with Crippen molar-refractivity contribution < 1.29 is 5.11 Å². The molecule has 82 valence electrons. The molecule has 5 nitrogen and oxygen atoms in total. The molecule has 0 atom stereocenters. The van der Waals surface area contributed by atoms with Crippen molar-refractivity contribution in [2.24, 2.45) is 0 Å². The Balaban J connectivity index is 1.96. The van der Waals surface area contributed by atoms with Gasteiger partial charge in [-0.2, -0.15) is 0 Å². The van der Waals surface area contributed by atoms with Gasteiger partial charge < -0.3 is 21.9 Å². The molecule has 1 heterocycles. The van der Waals surface area contributed by atoms with Crippen molar-refractivity contribution in [1.29, 1.82) is 0 Å². The second kappa shape index (κ2) is 3.58. The van der Waals surface area contributed by atoms with Crippen molar-refractivity contribution in [1.82, 2.24) is 4.98 Å². The van der Waals surface area contributed by atoms with Crippen LogP contribution < -0.4 is 16.8 Å². The van der Waals surface area contributed by atoms with Gasteiger partial charge in [0.05, 0.1) is 11.3 Å². The van der Waals surface area contributed by atoms with E-state index in [4.69, 9.17) is 11.5 Å². The largest absolute Gasteiger partial charge is 0.396 e. The van der Waals surface area contributed by atoms with Crippen LogP contribution in [0.2, 0.25) is 0 Å². The van der Waals surface area contributed by atoms with Crippen molar-refractivity contribution in [3.05, 3.63) is 12.1 Å². The Labute approximate surface area is 88.5 Å². The summed E-state index contributed by atoms with van der Waals surface area (Å²) in [5.74, 6) is 0.975. The molecule has 1 aromatic heterocycles. The van der Waals surface area contributed by atoms with E-state index in [0.717, 1.165) is 19.3 Å². The highest BCUT2D eigenvalue weighted by Crippen LogP contribution is 2.31. The molecule has 0 spiro atoms. The molecule has 1 saturated carbocycles. The van der Waals surface area contributed by atoms with Gasteiger partial charge in [-0.05, 0) is 31.4 Å². The zero-order chi connectivity index (χ0) is 10.9. The highest BCUT2D eigenvalue weighted by Gasteiger charge is 2.33. The van der Waals surface area contributed by atoms with Gasteiger partial charge in [0.15, 0.2) is 0 Å².